The first-order chi connectivity index (χ1) is 15.5. The van der Waals surface area contributed by atoms with E-state index in [4.69, 9.17) is 14.6 Å². The fourth-order valence-corrected chi connectivity index (χ4v) is 2.28. The van der Waals surface area contributed by atoms with Crippen LogP contribution in [0.1, 0.15) is 65.9 Å². The van der Waals surface area contributed by atoms with Crippen molar-refractivity contribution < 1.29 is 19.4 Å². The molecule has 0 aliphatic heterocycles. The fraction of sp³-hybridized carbons (Fsp3) is 0.393. The van der Waals surface area contributed by atoms with Crippen molar-refractivity contribution >= 4 is 5.97 Å². The van der Waals surface area contributed by atoms with Gasteiger partial charge in [0.2, 0.25) is 0 Å². The number of hydrogen-bond acceptors (Lipinski definition) is 3. The van der Waals surface area contributed by atoms with E-state index < -0.39 is 5.97 Å². The van der Waals surface area contributed by atoms with Gasteiger partial charge in [0.25, 0.3) is 0 Å². The van der Waals surface area contributed by atoms with Gasteiger partial charge in [0, 0.05) is 12.2 Å². The second-order valence-electron chi connectivity index (χ2n) is 6.55. The van der Waals surface area contributed by atoms with Gasteiger partial charge in [-0.1, -0.05) is 71.1 Å². The minimum Gasteiger partial charge on any atom is -0.498 e. The molecule has 0 fully saturated rings. The second kappa shape index (κ2) is 22.7. The Morgan fingerprint density at radius 1 is 1.09 bits per heavy atom. The van der Waals surface area contributed by atoms with E-state index in [1.54, 1.807) is 24.5 Å². The summed E-state index contributed by atoms with van der Waals surface area (Å²) in [6, 6.07) is 8.10. The Morgan fingerprint density at radius 3 is 2.25 bits per heavy atom. The van der Waals surface area contributed by atoms with Gasteiger partial charge in [0.05, 0.1) is 12.4 Å². The normalized spacial score (nSPS) is 11.6. The predicted molar refractivity (Wildman–Crippen MR) is 137 cm³/mol. The summed E-state index contributed by atoms with van der Waals surface area (Å²) in [4.78, 5) is 9.85. The van der Waals surface area contributed by atoms with Crippen LogP contribution in [-0.2, 0) is 16.0 Å². The van der Waals surface area contributed by atoms with Crippen LogP contribution in [0, 0.1) is 0 Å². The fourth-order valence-electron chi connectivity index (χ4n) is 2.28. The highest BCUT2D eigenvalue weighted by atomic mass is 16.5. The van der Waals surface area contributed by atoms with Crippen LogP contribution in [-0.4, -0.2) is 17.2 Å². The van der Waals surface area contributed by atoms with Gasteiger partial charge in [-0.15, -0.1) is 6.58 Å². The second-order valence-corrected chi connectivity index (χ2v) is 6.55. The van der Waals surface area contributed by atoms with Crippen LogP contribution in [0.2, 0.25) is 0 Å². The standard InChI is InChI=1S/C19H26O2.C7H10O2.C2H6/c1-5-8-16(4)20-15-14-18(9-6-2)21-19-12-10-17(7-3)11-13-19;1-2-3-4-5-6-7(8)9;1-2/h6,9-16H,2,5,7-8H2,1,3-4H3;2,5-6H,1,3-4H2,(H,8,9);1-2H3/b15-14-,18-9+;6-5+;. The molecular weight excluding hydrogens is 400 g/mol. The highest BCUT2D eigenvalue weighted by Crippen LogP contribution is 2.16. The van der Waals surface area contributed by atoms with Crippen LogP contribution in [0.25, 0.3) is 0 Å². The number of hydrogen-bond donors (Lipinski definition) is 1. The van der Waals surface area contributed by atoms with Crippen LogP contribution in [0.4, 0.5) is 0 Å². The first-order valence-electron chi connectivity index (χ1n) is 11.4. The highest BCUT2D eigenvalue weighted by Gasteiger charge is 2.00. The van der Waals surface area contributed by atoms with Crippen molar-refractivity contribution in [3.05, 3.63) is 91.5 Å². The van der Waals surface area contributed by atoms with Gasteiger partial charge in [0.15, 0.2) is 0 Å². The third-order valence-corrected chi connectivity index (χ3v) is 3.89. The molecule has 0 amide bonds. The maximum absolute atomic E-state index is 9.85. The summed E-state index contributed by atoms with van der Waals surface area (Å²) in [6.07, 6.45) is 16.6. The number of rotatable bonds is 13. The molecule has 0 aliphatic carbocycles. The smallest absolute Gasteiger partial charge is 0.327 e. The van der Waals surface area contributed by atoms with Gasteiger partial charge in [-0.3, -0.25) is 0 Å². The molecule has 0 radical (unpaired) electrons. The molecule has 0 saturated heterocycles. The summed E-state index contributed by atoms with van der Waals surface area (Å²) < 4.78 is 11.4. The topological polar surface area (TPSA) is 55.8 Å². The molecule has 1 unspecified atom stereocenters. The minimum atomic E-state index is -0.890. The Balaban J connectivity index is 0. The molecule has 0 spiro atoms. The van der Waals surface area contributed by atoms with Crippen LogP contribution in [0.15, 0.2) is 85.9 Å². The first kappa shape index (κ1) is 31.2. The molecular formula is C28H42O4. The Kier molecular flexibility index (Phi) is 22.1. The highest BCUT2D eigenvalue weighted by molar-refractivity contribution is 5.79. The predicted octanol–water partition coefficient (Wildman–Crippen LogP) is 8.04. The van der Waals surface area contributed by atoms with E-state index >= 15 is 0 Å². The number of aryl methyl sites for hydroxylation is 1. The summed E-state index contributed by atoms with van der Waals surface area (Å²) in [5.74, 6) is 0.628. The number of carbonyl (C=O) groups is 1. The molecule has 1 aromatic carbocycles. The monoisotopic (exact) mass is 442 g/mol. The Hall–Kier alpha value is -3.01. The van der Waals surface area contributed by atoms with Crippen molar-refractivity contribution in [2.75, 3.05) is 0 Å². The Labute approximate surface area is 195 Å². The molecule has 1 rings (SSSR count). The summed E-state index contributed by atoms with van der Waals surface area (Å²) in [6.45, 7) is 17.6. The number of carboxylic acids is 1. The zero-order valence-corrected chi connectivity index (χ0v) is 20.5. The minimum absolute atomic E-state index is 0.222. The largest absolute Gasteiger partial charge is 0.498 e. The molecule has 178 valence electrons. The molecule has 1 N–H and O–H groups in total. The van der Waals surface area contributed by atoms with E-state index in [1.807, 2.05) is 38.1 Å². The Bertz CT molecular complexity index is 697. The van der Waals surface area contributed by atoms with E-state index in [-0.39, 0.29) is 6.10 Å². The lowest BCUT2D eigenvalue weighted by atomic mass is 10.2. The van der Waals surface area contributed by atoms with Gasteiger partial charge >= 0.3 is 5.97 Å². The summed E-state index contributed by atoms with van der Waals surface area (Å²) in [5, 5.41) is 8.10. The van der Waals surface area contributed by atoms with Crippen LogP contribution in [0.3, 0.4) is 0 Å². The number of allylic oxidation sites excluding steroid dienone is 5. The number of benzene rings is 1. The molecule has 1 atom stereocenters. The summed E-state index contributed by atoms with van der Waals surface area (Å²) >= 11 is 0. The van der Waals surface area contributed by atoms with Gasteiger partial charge in [0.1, 0.15) is 11.5 Å². The average Bonchev–Trinajstić information content (AvgIpc) is 2.79. The summed E-state index contributed by atoms with van der Waals surface area (Å²) in [7, 11) is 0. The number of aliphatic carboxylic acids is 1. The zero-order chi connectivity index (χ0) is 24.6. The first-order valence-corrected chi connectivity index (χ1v) is 11.4. The van der Waals surface area contributed by atoms with Gasteiger partial charge in [-0.25, -0.2) is 4.79 Å². The van der Waals surface area contributed by atoms with E-state index in [2.05, 4.69) is 46.1 Å². The van der Waals surface area contributed by atoms with Crippen LogP contribution < -0.4 is 4.74 Å². The lowest BCUT2D eigenvalue weighted by molar-refractivity contribution is -0.131. The molecule has 32 heavy (non-hydrogen) atoms. The van der Waals surface area contributed by atoms with E-state index in [0.29, 0.717) is 5.76 Å². The maximum Gasteiger partial charge on any atom is 0.327 e. The van der Waals surface area contributed by atoms with Crippen molar-refractivity contribution in [2.24, 2.45) is 0 Å². The molecule has 4 heteroatoms. The third kappa shape index (κ3) is 19.0. The van der Waals surface area contributed by atoms with Gasteiger partial charge < -0.3 is 14.6 Å². The van der Waals surface area contributed by atoms with Crippen LogP contribution >= 0.6 is 0 Å². The molecule has 1 aromatic rings. The molecule has 4 nitrogen and oxygen atoms in total. The van der Waals surface area contributed by atoms with E-state index in [0.717, 1.165) is 43.9 Å². The van der Waals surface area contributed by atoms with Crippen LogP contribution in [0.5, 0.6) is 5.75 Å². The quantitative estimate of drug-likeness (QED) is 0.110. The molecule has 0 aliphatic rings. The van der Waals surface area contributed by atoms with Crippen molar-refractivity contribution in [2.45, 2.75) is 72.8 Å². The number of unbranched alkanes of at least 4 members (excludes halogenated alkanes) is 1. The van der Waals surface area contributed by atoms with Crippen molar-refractivity contribution in [1.29, 1.82) is 0 Å². The molecule has 0 bridgehead atoms. The number of ether oxygens (including phenoxy) is 2. The zero-order valence-electron chi connectivity index (χ0n) is 20.5. The molecule has 0 saturated carbocycles. The van der Waals surface area contributed by atoms with E-state index in [1.165, 1.54) is 5.56 Å². The van der Waals surface area contributed by atoms with Crippen molar-refractivity contribution in [1.82, 2.24) is 0 Å². The van der Waals surface area contributed by atoms with Gasteiger partial charge in [-0.2, -0.15) is 0 Å². The van der Waals surface area contributed by atoms with Crippen molar-refractivity contribution in [3.8, 4) is 5.75 Å². The SMILES string of the molecule is C=C/C=C(\C=C/OC(C)CCC)Oc1ccc(CC)cc1.C=CCC/C=C/C(=O)O.CC. The lowest BCUT2D eigenvalue weighted by Gasteiger charge is -2.10. The third-order valence-electron chi connectivity index (χ3n) is 3.89. The maximum atomic E-state index is 9.85. The lowest BCUT2D eigenvalue weighted by Crippen LogP contribution is -2.02. The molecule has 0 heterocycles. The van der Waals surface area contributed by atoms with E-state index in [9.17, 15) is 4.79 Å². The number of carboxylic acid groups (broad SMARTS) is 1. The Morgan fingerprint density at radius 2 is 1.75 bits per heavy atom. The average molecular weight is 443 g/mol. The van der Waals surface area contributed by atoms with Crippen molar-refractivity contribution in [3.63, 3.8) is 0 Å². The summed E-state index contributed by atoms with van der Waals surface area (Å²) in [5.41, 5.74) is 1.30. The molecule has 0 aromatic heterocycles. The van der Waals surface area contributed by atoms with Gasteiger partial charge in [-0.05, 0) is 56.4 Å².